The molecule has 13 heavy (non-hydrogen) atoms. The smallest absolute Gasteiger partial charge is 0.261 e. The molecule has 0 aromatic rings. The molecule has 0 rings (SSSR count). The van der Waals surface area contributed by atoms with Crippen molar-refractivity contribution in [3.8, 4) is 0 Å². The molecule has 4 nitrogen and oxygen atoms in total. The van der Waals surface area contributed by atoms with Crippen LogP contribution >= 0.6 is 53.8 Å². The molecule has 80 valence electrons. The van der Waals surface area contributed by atoms with Crippen molar-refractivity contribution in [2.24, 2.45) is 0 Å². The van der Waals surface area contributed by atoms with Crippen LogP contribution in [0.5, 0.6) is 0 Å². The third kappa shape index (κ3) is 3.73. The van der Waals surface area contributed by atoms with E-state index in [1.54, 1.807) is 0 Å². The van der Waals surface area contributed by atoms with E-state index in [2.05, 4.69) is 0 Å². The molecule has 0 amide bonds. The van der Waals surface area contributed by atoms with Crippen LogP contribution in [-0.4, -0.2) is 36.5 Å². The lowest BCUT2D eigenvalue weighted by Gasteiger charge is -2.24. The topological polar surface area (TPSA) is 77.8 Å². The quantitative estimate of drug-likeness (QED) is 0.542. The third-order valence-corrected chi connectivity index (χ3v) is 4.98. The van der Waals surface area contributed by atoms with Crippen LogP contribution in [0.4, 0.5) is 0 Å². The summed E-state index contributed by atoms with van der Waals surface area (Å²) < 4.78 is 11.2. The van der Waals surface area contributed by atoms with Crippen LogP contribution in [0.15, 0.2) is 0 Å². The maximum atomic E-state index is 11.2. The summed E-state index contributed by atoms with van der Waals surface area (Å²) in [5.74, 6) is -3.96. The molecule has 9 heteroatoms. The van der Waals surface area contributed by atoms with Gasteiger partial charge < -0.3 is 15.1 Å². The van der Waals surface area contributed by atoms with Gasteiger partial charge in [-0.1, -0.05) is 0 Å². The van der Waals surface area contributed by atoms with Gasteiger partial charge in [-0.05, 0) is 0 Å². The van der Waals surface area contributed by atoms with E-state index >= 15 is 0 Å². The summed E-state index contributed by atoms with van der Waals surface area (Å²) in [7, 11) is -4.40. The molecule has 0 aliphatic heterocycles. The number of rotatable bonds is 4. The highest BCUT2D eigenvalue weighted by molar-refractivity contribution is 7.59. The lowest BCUT2D eigenvalue weighted by atomic mass is 10.8. The highest BCUT2D eigenvalue weighted by Gasteiger charge is 2.43. The largest absolute Gasteiger partial charge is 0.380 e. The van der Waals surface area contributed by atoms with Crippen LogP contribution in [0.2, 0.25) is 0 Å². The second-order valence-electron chi connectivity index (χ2n) is 2.17. The van der Waals surface area contributed by atoms with Gasteiger partial charge in [-0.2, -0.15) is 0 Å². The Morgan fingerprint density at radius 1 is 0.923 bits per heavy atom. The summed E-state index contributed by atoms with van der Waals surface area (Å²) >= 11 is 20.6. The number of hydrogen-bond donors (Lipinski definition) is 3. The minimum Gasteiger partial charge on any atom is -0.380 e. The number of alkyl halides is 4. The molecule has 0 heterocycles. The Morgan fingerprint density at radius 2 is 1.15 bits per heavy atom. The van der Waals surface area contributed by atoms with Gasteiger partial charge >= 0.3 is 0 Å². The highest BCUT2D eigenvalue weighted by Crippen LogP contribution is 2.54. The Hall–Kier alpha value is 1.27. The first-order chi connectivity index (χ1) is 5.71. The molecule has 0 aliphatic rings. The van der Waals surface area contributed by atoms with Crippen molar-refractivity contribution in [2.45, 2.75) is 21.4 Å². The van der Waals surface area contributed by atoms with Crippen LogP contribution in [0.3, 0.4) is 0 Å². The minimum atomic E-state index is -4.40. The Morgan fingerprint density at radius 3 is 1.31 bits per heavy atom. The fourth-order valence-corrected chi connectivity index (χ4v) is 3.38. The molecular formula is C4H7Cl4O4P. The molecule has 0 aromatic heterocycles. The van der Waals surface area contributed by atoms with E-state index in [4.69, 9.17) is 61.5 Å². The van der Waals surface area contributed by atoms with Crippen molar-refractivity contribution in [3.63, 3.8) is 0 Å². The van der Waals surface area contributed by atoms with Gasteiger partial charge in [0, 0.05) is 0 Å². The van der Waals surface area contributed by atoms with Crippen LogP contribution in [-0.2, 0) is 4.57 Å². The van der Waals surface area contributed by atoms with Gasteiger partial charge in [0.2, 0.25) is 0 Å². The molecule has 0 bridgehead atoms. The summed E-state index contributed by atoms with van der Waals surface area (Å²) in [5, 5.41) is 18.0. The Balaban J connectivity index is 4.65. The highest BCUT2D eigenvalue weighted by atomic mass is 35.5. The van der Waals surface area contributed by atoms with E-state index in [1.165, 1.54) is 0 Å². The molecule has 2 unspecified atom stereocenters. The average Bonchev–Trinajstić information content (AvgIpc) is 2.01. The van der Waals surface area contributed by atoms with E-state index in [1.807, 2.05) is 0 Å². The number of hydrogen-bond acceptors (Lipinski definition) is 3. The zero-order valence-electron chi connectivity index (χ0n) is 6.02. The molecule has 0 saturated heterocycles. The van der Waals surface area contributed by atoms with Crippen LogP contribution < -0.4 is 0 Å². The predicted octanol–water partition coefficient (Wildman–Crippen LogP) is 1.50. The van der Waals surface area contributed by atoms with Gasteiger partial charge in [0.25, 0.3) is 7.37 Å². The van der Waals surface area contributed by atoms with E-state index in [9.17, 15) is 4.57 Å². The second kappa shape index (κ2) is 5.38. The summed E-state index contributed by atoms with van der Waals surface area (Å²) in [5.41, 5.74) is 0. The normalized spacial score (nSPS) is 21.6. The van der Waals surface area contributed by atoms with Crippen LogP contribution in [0.1, 0.15) is 0 Å². The van der Waals surface area contributed by atoms with Gasteiger partial charge in [-0.15, -0.1) is 46.4 Å². The molecule has 0 aromatic carbocycles. The maximum absolute atomic E-state index is 11.2. The zero-order valence-corrected chi connectivity index (χ0v) is 9.94. The Labute approximate surface area is 94.8 Å². The minimum absolute atomic E-state index is 1.50. The van der Waals surface area contributed by atoms with Crippen molar-refractivity contribution >= 4 is 53.8 Å². The van der Waals surface area contributed by atoms with E-state index in [0.29, 0.717) is 0 Å². The Bertz CT molecular complexity index is 192. The SMILES string of the molecule is O=P(O)(C(O)C(Cl)Cl)C(O)C(Cl)Cl. The first kappa shape index (κ1) is 14.3. The summed E-state index contributed by atoms with van der Waals surface area (Å²) in [4.78, 5) is 6.11. The molecular weight excluding hydrogens is 285 g/mol. The monoisotopic (exact) mass is 290 g/mol. The van der Waals surface area contributed by atoms with Gasteiger partial charge in [-0.3, -0.25) is 4.57 Å². The lowest BCUT2D eigenvalue weighted by Crippen LogP contribution is -2.27. The number of aliphatic hydroxyl groups is 2. The van der Waals surface area contributed by atoms with Crippen molar-refractivity contribution in [1.82, 2.24) is 0 Å². The second-order valence-corrected chi connectivity index (χ2v) is 6.90. The van der Waals surface area contributed by atoms with Gasteiger partial charge in [-0.25, -0.2) is 0 Å². The van der Waals surface area contributed by atoms with Gasteiger partial charge in [0.15, 0.2) is 11.7 Å². The van der Waals surface area contributed by atoms with Gasteiger partial charge in [0.1, 0.15) is 9.67 Å². The molecule has 3 N–H and O–H groups in total. The summed E-state index contributed by atoms with van der Waals surface area (Å²) in [6.07, 6.45) is 0. The van der Waals surface area contributed by atoms with E-state index in [0.717, 1.165) is 0 Å². The van der Waals surface area contributed by atoms with Crippen LogP contribution in [0.25, 0.3) is 0 Å². The first-order valence-electron chi connectivity index (χ1n) is 2.95. The lowest BCUT2D eigenvalue weighted by molar-refractivity contribution is 0.196. The fourth-order valence-electron chi connectivity index (χ4n) is 0.479. The Kier molecular flexibility index (Phi) is 5.91. The third-order valence-electron chi connectivity index (χ3n) is 1.21. The van der Waals surface area contributed by atoms with Crippen molar-refractivity contribution in [2.75, 3.05) is 0 Å². The zero-order chi connectivity index (χ0) is 10.8. The standard InChI is InChI=1S/C4H7Cl4O4P/c5-1(6)3(9)13(11,12)4(10)2(7)8/h1-4,9-10H,(H,11,12). The molecule has 2 atom stereocenters. The molecule has 0 aliphatic carbocycles. The van der Waals surface area contributed by atoms with E-state index < -0.39 is 28.7 Å². The maximum Gasteiger partial charge on any atom is 0.261 e. The summed E-state index contributed by atoms with van der Waals surface area (Å²) in [6, 6.07) is 0. The predicted molar refractivity (Wildman–Crippen MR) is 52.8 cm³/mol. The average molecular weight is 292 g/mol. The molecule has 0 saturated carbocycles. The first-order valence-corrected chi connectivity index (χ1v) is 6.50. The fraction of sp³-hybridized carbons (Fsp3) is 1.00. The van der Waals surface area contributed by atoms with Gasteiger partial charge in [0.05, 0.1) is 0 Å². The molecule has 0 radical (unpaired) electrons. The van der Waals surface area contributed by atoms with Crippen molar-refractivity contribution < 1.29 is 19.7 Å². The number of halogens is 4. The van der Waals surface area contributed by atoms with E-state index in [-0.39, 0.29) is 0 Å². The summed E-state index contributed by atoms with van der Waals surface area (Å²) in [6.45, 7) is 0. The van der Waals surface area contributed by atoms with Crippen molar-refractivity contribution in [1.29, 1.82) is 0 Å². The van der Waals surface area contributed by atoms with Crippen LogP contribution in [0, 0.1) is 0 Å². The number of aliphatic hydroxyl groups excluding tert-OH is 2. The molecule has 0 spiro atoms. The van der Waals surface area contributed by atoms with Crippen molar-refractivity contribution in [3.05, 3.63) is 0 Å². The molecule has 0 fully saturated rings.